The number of esters is 1. The van der Waals surface area contributed by atoms with Crippen LogP contribution in [0.25, 0.3) is 22.3 Å². The maximum absolute atomic E-state index is 14.4. The number of allylic oxidation sites excluding steroid dienone is 6. The van der Waals surface area contributed by atoms with Crippen LogP contribution in [0.4, 0.5) is 11.8 Å². The van der Waals surface area contributed by atoms with E-state index < -0.39 is 83.9 Å². The fourth-order valence-corrected chi connectivity index (χ4v) is 14.6. The first-order chi connectivity index (χ1) is 47.3. The Morgan fingerprint density at radius 3 is 2.19 bits per heavy atom. The van der Waals surface area contributed by atoms with Crippen molar-refractivity contribution >= 4 is 57.9 Å². The van der Waals surface area contributed by atoms with Gasteiger partial charge in [-0.2, -0.15) is 9.97 Å². The van der Waals surface area contributed by atoms with Crippen LogP contribution in [0.1, 0.15) is 150 Å². The highest BCUT2D eigenvalue weighted by Crippen LogP contribution is 2.39. The van der Waals surface area contributed by atoms with Crippen molar-refractivity contribution in [1.29, 1.82) is 0 Å². The second-order valence-corrected chi connectivity index (χ2v) is 28.4. The molecule has 9 rings (SSSR count). The van der Waals surface area contributed by atoms with Crippen molar-refractivity contribution in [1.82, 2.24) is 25.2 Å². The first-order valence-corrected chi connectivity index (χ1v) is 35.7. The second kappa shape index (κ2) is 36.3. The van der Waals surface area contributed by atoms with Gasteiger partial charge in [-0.3, -0.25) is 24.0 Å². The highest BCUT2D eigenvalue weighted by atomic mass is 16.6. The Hall–Kier alpha value is -6.67. The number of aliphatic hydroxyl groups excluding tert-OH is 2. The van der Waals surface area contributed by atoms with Gasteiger partial charge in [-0.15, -0.1) is 0 Å². The van der Waals surface area contributed by atoms with Crippen molar-refractivity contribution < 1.29 is 77.2 Å². The van der Waals surface area contributed by atoms with Crippen LogP contribution in [-0.4, -0.2) is 211 Å². The van der Waals surface area contributed by atoms with E-state index in [0.717, 1.165) is 47.5 Å². The molecule has 0 radical (unpaired) electrons. The van der Waals surface area contributed by atoms with Gasteiger partial charge in [0.1, 0.15) is 36.0 Å². The van der Waals surface area contributed by atoms with Gasteiger partial charge in [0, 0.05) is 89.7 Å². The van der Waals surface area contributed by atoms with Gasteiger partial charge in [-0.1, -0.05) is 83.2 Å². The van der Waals surface area contributed by atoms with Crippen LogP contribution in [-0.2, 0) is 57.1 Å². The molecule has 1 saturated carbocycles. The Kier molecular flexibility index (Phi) is 28.6. The van der Waals surface area contributed by atoms with E-state index in [1.54, 1.807) is 54.2 Å². The molecule has 3 aromatic rings. The Morgan fingerprint density at radius 2 is 1.51 bits per heavy atom. The number of cyclic esters (lactones) is 1. The summed E-state index contributed by atoms with van der Waals surface area (Å²) in [7, 11) is 6.15. The van der Waals surface area contributed by atoms with Crippen molar-refractivity contribution in [2.75, 3.05) is 84.2 Å². The number of aliphatic hydroxyl groups is 3. The zero-order chi connectivity index (χ0) is 71.8. The lowest BCUT2D eigenvalue weighted by molar-refractivity contribution is -0.265. The third-order valence-electron chi connectivity index (χ3n) is 20.9. The Labute approximate surface area is 584 Å². The number of Topliss-reactive ketones (excluding diaryl/α,β-unsaturated/α-hetero) is 3. The van der Waals surface area contributed by atoms with Crippen LogP contribution < -0.4 is 15.1 Å². The van der Waals surface area contributed by atoms with Crippen LogP contribution in [0.3, 0.4) is 0 Å². The first-order valence-electron chi connectivity index (χ1n) is 35.7. The number of carbonyl (C=O) groups is 6. The van der Waals surface area contributed by atoms with E-state index in [0.29, 0.717) is 107 Å². The van der Waals surface area contributed by atoms with Gasteiger partial charge in [-0.25, -0.2) is 9.78 Å². The van der Waals surface area contributed by atoms with Crippen LogP contribution in [0.5, 0.6) is 0 Å². The highest BCUT2D eigenvalue weighted by Gasteiger charge is 2.53. The molecule has 6 aliphatic rings. The SMILES string of the molecule is CNC(=O)c1cccc(-c2ccc3c(N4CCOC[C@@H]4C)nc(N4CCOC[C@@H]4C)nc3n2)c1.CO[C@H]1C[C@@H]2CC[C@@H](C)[C@@](O)(O2)C(=O)C(=O)N2CCCC[C@H]2C(=O)O[C@H]([C@H](C)C[C@@H]2CC[C@@H](O)[C@H](OC)C2)CC(=O)[C@H](C)/C=C(\C)[C@@H](O)[C@@H](OC)C(=O)[C@H](C)C[C@H](C)/C=C/C=CC=C1C. The predicted octanol–water partition coefficient (Wildman–Crippen LogP) is 8.68. The van der Waals surface area contributed by atoms with Crippen LogP contribution >= 0.6 is 0 Å². The molecule has 4 saturated heterocycles. The number of methoxy groups -OCH3 is 3. The number of rotatable bonds is 10. The summed E-state index contributed by atoms with van der Waals surface area (Å²) in [5.41, 5.74) is 4.13. The highest BCUT2D eigenvalue weighted by molar-refractivity contribution is 6.39. The summed E-state index contributed by atoms with van der Waals surface area (Å²) in [6.45, 7) is 21.1. The molecule has 2 bridgehead atoms. The van der Waals surface area contributed by atoms with Crippen molar-refractivity contribution in [2.24, 2.45) is 35.5 Å². The molecule has 1 aliphatic carbocycles. The van der Waals surface area contributed by atoms with Gasteiger partial charge in [0.05, 0.1) is 74.0 Å². The van der Waals surface area contributed by atoms with Crippen molar-refractivity contribution in [2.45, 2.75) is 206 Å². The van der Waals surface area contributed by atoms with E-state index in [1.165, 1.54) is 12.0 Å². The largest absolute Gasteiger partial charge is 0.460 e. The standard InChI is InChI=1S/C51H79NO13.C25H30N6O3/c1-30-16-12-11-13-17-31(2)42(61-8)28-38-21-19-36(7)51(60,65-38)48(57)49(58)52-23-15-14-18-39(52)50(59)64-43(33(4)26-37-20-22-40(53)44(27-37)62-9)29-41(54)32(3)25-35(6)46(56)47(63-10)45(55)34(5)24-30;1-16-14-33-11-9-30(16)23-20-7-8-21(18-5-4-6-19(13-18)24(32)26-3)27-22(20)28-25(29-23)31-10-12-34-15-17(31)2/h11-13,16-17,25,30,32-34,36-40,42-44,46-47,53,56,60H,14-15,18-24,26-29H2,1-10H3;4-8,13,16-17H,9-12,14-15H2,1-3H3,(H,26,32)/b13-11?,16-12+,31-17?,35-25+;/t30-,32-,33-,34-,36-,37+,38+,39+,40-,42+,43+,44-,46-,47+,51-;16-,17-/m10/s1. The van der Waals surface area contributed by atoms with E-state index in [9.17, 15) is 44.1 Å². The van der Waals surface area contributed by atoms with Gasteiger partial charge in [0.15, 0.2) is 11.4 Å². The van der Waals surface area contributed by atoms with Gasteiger partial charge >= 0.3 is 5.97 Å². The summed E-state index contributed by atoms with van der Waals surface area (Å²) in [4.78, 5) is 103. The molecule has 4 N–H and O–H groups in total. The number of morpholine rings is 2. The fourth-order valence-electron chi connectivity index (χ4n) is 14.6. The minimum atomic E-state index is -2.43. The van der Waals surface area contributed by atoms with Gasteiger partial charge < -0.3 is 68.5 Å². The number of pyridine rings is 1. The summed E-state index contributed by atoms with van der Waals surface area (Å²) in [6, 6.07) is 10.7. The van der Waals surface area contributed by atoms with E-state index in [4.69, 9.17) is 48.1 Å². The molecule has 1 aromatic carbocycles. The zero-order valence-corrected chi connectivity index (χ0v) is 60.4. The molecular weight excluding hydrogens is 1270 g/mol. The number of hydrogen-bond acceptors (Lipinski definition) is 21. The molecule has 23 heteroatoms. The van der Waals surface area contributed by atoms with Gasteiger partial charge in [0.25, 0.3) is 17.6 Å². The number of ether oxygens (including phenoxy) is 7. The maximum atomic E-state index is 14.4. The molecule has 0 spiro atoms. The first kappa shape index (κ1) is 78.1. The number of ketones is 3. The topological polar surface area (TPSA) is 288 Å². The van der Waals surface area contributed by atoms with Crippen LogP contribution in [0, 0.1) is 35.5 Å². The summed E-state index contributed by atoms with van der Waals surface area (Å²) in [6.07, 6.45) is 11.2. The van der Waals surface area contributed by atoms with Crippen LogP contribution in [0.2, 0.25) is 0 Å². The number of aromatic nitrogens is 3. The number of anilines is 2. The lowest BCUT2D eigenvalue weighted by Crippen LogP contribution is -2.61. The number of nitrogens with zero attached hydrogens (tertiary/aromatic N) is 6. The molecule has 5 aliphatic heterocycles. The normalized spacial score (nSPS) is 32.9. The Bertz CT molecular complexity index is 3400. The molecule has 99 heavy (non-hydrogen) atoms. The summed E-state index contributed by atoms with van der Waals surface area (Å²) in [5, 5.41) is 37.4. The van der Waals surface area contributed by atoms with Crippen molar-refractivity contribution in [3.8, 4) is 11.3 Å². The number of piperidine rings is 1. The minimum Gasteiger partial charge on any atom is -0.460 e. The van der Waals surface area contributed by atoms with E-state index in [-0.39, 0.29) is 72.8 Å². The third-order valence-corrected chi connectivity index (χ3v) is 20.9. The smallest absolute Gasteiger partial charge is 0.329 e. The van der Waals surface area contributed by atoms with Crippen molar-refractivity contribution in [3.63, 3.8) is 0 Å². The molecule has 2 aromatic heterocycles. The summed E-state index contributed by atoms with van der Waals surface area (Å²) >= 11 is 0. The minimum absolute atomic E-state index is 0.0193. The summed E-state index contributed by atoms with van der Waals surface area (Å²) < 4.78 is 40.7. The number of carbonyl (C=O) groups excluding carboxylic acids is 6. The lowest BCUT2D eigenvalue weighted by atomic mass is 9.78. The molecule has 5 fully saturated rings. The summed E-state index contributed by atoms with van der Waals surface area (Å²) in [5.74, 6) is -6.54. The average Bonchev–Trinajstić information content (AvgIpc) is 0.772. The van der Waals surface area contributed by atoms with Crippen LogP contribution in [0.15, 0.2) is 84.0 Å². The molecule has 7 heterocycles. The fraction of sp³-hybridized carbons (Fsp3) is 0.645. The molecule has 2 amide bonds. The monoisotopic (exact) mass is 1380 g/mol. The number of hydrogen-bond donors (Lipinski definition) is 4. The van der Waals surface area contributed by atoms with Crippen molar-refractivity contribution in [3.05, 3.63) is 89.6 Å². The molecule has 23 nitrogen and oxygen atoms in total. The zero-order valence-electron chi connectivity index (χ0n) is 60.4. The van der Waals surface area contributed by atoms with Gasteiger partial charge in [0.2, 0.25) is 11.7 Å². The quantitative estimate of drug-likeness (QED) is 0.0838. The van der Waals surface area contributed by atoms with E-state index >= 15 is 0 Å². The predicted molar refractivity (Wildman–Crippen MR) is 377 cm³/mol. The number of amides is 2. The average molecular weight is 1380 g/mol. The maximum Gasteiger partial charge on any atom is 0.329 e. The lowest BCUT2D eigenvalue weighted by Gasteiger charge is -2.42. The Morgan fingerprint density at radius 1 is 0.778 bits per heavy atom. The molecule has 17 atom stereocenters. The Balaban J connectivity index is 0.000000304. The molecule has 544 valence electrons. The van der Waals surface area contributed by atoms with Gasteiger partial charge in [-0.05, 0) is 145 Å². The number of fused-ring (bicyclic) bond motifs is 4. The third kappa shape index (κ3) is 19.7. The number of nitrogens with one attached hydrogen (secondary N) is 1. The molecule has 0 unspecified atom stereocenters. The second-order valence-electron chi connectivity index (χ2n) is 28.4. The number of benzene rings is 1. The van der Waals surface area contributed by atoms with E-state index in [2.05, 4.69) is 29.0 Å². The molecular formula is C76H109N7O16. The van der Waals surface area contributed by atoms with E-state index in [1.807, 2.05) is 88.4 Å².